The van der Waals surface area contributed by atoms with E-state index in [1.807, 2.05) is 31.4 Å². The lowest BCUT2D eigenvalue weighted by atomic mass is 10.1. The van der Waals surface area contributed by atoms with Gasteiger partial charge in [0.05, 0.1) is 12.4 Å². The Hall–Kier alpha value is -2.56. The first-order valence-electron chi connectivity index (χ1n) is 5.56. The zero-order chi connectivity index (χ0) is 12.4. The van der Waals surface area contributed by atoms with Crippen LogP contribution in [-0.4, -0.2) is 25.0 Å². The predicted octanol–water partition coefficient (Wildman–Crippen LogP) is 1.94. The molecule has 3 aromatic rings. The van der Waals surface area contributed by atoms with Crippen LogP contribution in [-0.2, 0) is 7.05 Å². The lowest BCUT2D eigenvalue weighted by molar-refractivity contribution is 0.771. The Balaban J connectivity index is 2.17. The summed E-state index contributed by atoms with van der Waals surface area (Å²) >= 11 is 0. The van der Waals surface area contributed by atoms with Gasteiger partial charge in [0.1, 0.15) is 5.69 Å². The van der Waals surface area contributed by atoms with E-state index in [4.69, 9.17) is 0 Å². The van der Waals surface area contributed by atoms with Gasteiger partial charge in [0.25, 0.3) is 0 Å². The number of nitrogens with zero attached hydrogens (tertiary/aromatic N) is 5. The minimum Gasteiger partial charge on any atom is -0.275 e. The first kappa shape index (κ1) is 10.6. The maximum atomic E-state index is 4.49. The highest BCUT2D eigenvalue weighted by molar-refractivity contribution is 5.79. The Labute approximate surface area is 104 Å². The van der Waals surface area contributed by atoms with E-state index in [1.165, 1.54) is 0 Å². The van der Waals surface area contributed by atoms with Crippen LogP contribution in [0.15, 0.2) is 49.2 Å². The van der Waals surface area contributed by atoms with Gasteiger partial charge in [-0.2, -0.15) is 15.3 Å². The molecule has 0 aliphatic carbocycles. The topological polar surface area (TPSA) is 56.5 Å². The summed E-state index contributed by atoms with van der Waals surface area (Å²) in [6, 6.07) is 5.82. The Kier molecular flexibility index (Phi) is 2.57. The molecule has 3 rings (SSSR count). The van der Waals surface area contributed by atoms with Gasteiger partial charge in [0.15, 0.2) is 0 Å². The normalized spacial score (nSPS) is 10.5. The van der Waals surface area contributed by atoms with Gasteiger partial charge in [-0.15, -0.1) is 0 Å². The first-order valence-corrected chi connectivity index (χ1v) is 5.56. The highest BCUT2D eigenvalue weighted by atomic mass is 15.3. The molecule has 0 saturated heterocycles. The molecule has 0 aliphatic rings. The van der Waals surface area contributed by atoms with Crippen LogP contribution in [0, 0.1) is 0 Å². The maximum absolute atomic E-state index is 4.49. The van der Waals surface area contributed by atoms with Gasteiger partial charge >= 0.3 is 0 Å². The molecule has 0 spiro atoms. The van der Waals surface area contributed by atoms with Gasteiger partial charge in [0, 0.05) is 42.3 Å². The lowest BCUT2D eigenvalue weighted by Gasteiger charge is -2.00. The largest absolute Gasteiger partial charge is 0.275 e. The molecule has 0 N–H and O–H groups in total. The van der Waals surface area contributed by atoms with E-state index in [0.29, 0.717) is 0 Å². The third kappa shape index (κ3) is 1.86. The smallest absolute Gasteiger partial charge is 0.102 e. The SMILES string of the molecule is Cn1cc(-c2ccnnc2)c(-c2cccnc2)n1. The summed E-state index contributed by atoms with van der Waals surface area (Å²) in [5.41, 5.74) is 3.92. The maximum Gasteiger partial charge on any atom is 0.102 e. The number of hydrogen-bond donors (Lipinski definition) is 0. The summed E-state index contributed by atoms with van der Waals surface area (Å²) in [7, 11) is 1.90. The van der Waals surface area contributed by atoms with Crippen molar-refractivity contribution in [3.05, 3.63) is 49.2 Å². The van der Waals surface area contributed by atoms with Crippen LogP contribution in [0.1, 0.15) is 0 Å². The number of rotatable bonds is 2. The van der Waals surface area contributed by atoms with Crippen molar-refractivity contribution in [3.8, 4) is 22.4 Å². The molecule has 0 radical (unpaired) electrons. The Morgan fingerprint density at radius 1 is 1.00 bits per heavy atom. The van der Waals surface area contributed by atoms with Crippen LogP contribution < -0.4 is 0 Å². The highest BCUT2D eigenvalue weighted by Gasteiger charge is 2.12. The van der Waals surface area contributed by atoms with E-state index < -0.39 is 0 Å². The van der Waals surface area contributed by atoms with E-state index >= 15 is 0 Å². The lowest BCUT2D eigenvalue weighted by Crippen LogP contribution is -1.88. The molecule has 5 nitrogen and oxygen atoms in total. The summed E-state index contributed by atoms with van der Waals surface area (Å²) in [5.74, 6) is 0. The van der Waals surface area contributed by atoms with E-state index in [-0.39, 0.29) is 0 Å². The van der Waals surface area contributed by atoms with Crippen LogP contribution in [0.4, 0.5) is 0 Å². The zero-order valence-electron chi connectivity index (χ0n) is 9.85. The van der Waals surface area contributed by atoms with Gasteiger partial charge in [0.2, 0.25) is 0 Å². The number of hydrogen-bond acceptors (Lipinski definition) is 4. The fourth-order valence-electron chi connectivity index (χ4n) is 1.87. The second kappa shape index (κ2) is 4.37. The molecular weight excluding hydrogens is 226 g/mol. The molecular formula is C13H11N5. The molecule has 3 heterocycles. The molecule has 0 atom stereocenters. The molecule has 0 bridgehead atoms. The Bertz CT molecular complexity index is 589. The van der Waals surface area contributed by atoms with Crippen LogP contribution in [0.2, 0.25) is 0 Å². The van der Waals surface area contributed by atoms with Crippen molar-refractivity contribution < 1.29 is 0 Å². The van der Waals surface area contributed by atoms with Gasteiger partial charge < -0.3 is 0 Å². The summed E-state index contributed by atoms with van der Waals surface area (Å²) in [4.78, 5) is 4.13. The molecule has 0 unspecified atom stereocenters. The van der Waals surface area contributed by atoms with Crippen molar-refractivity contribution in [2.45, 2.75) is 0 Å². The molecule has 18 heavy (non-hydrogen) atoms. The number of pyridine rings is 1. The molecule has 3 aromatic heterocycles. The first-order chi connectivity index (χ1) is 8.84. The van der Waals surface area contributed by atoms with E-state index in [1.54, 1.807) is 29.5 Å². The second-order valence-corrected chi connectivity index (χ2v) is 3.94. The summed E-state index contributed by atoms with van der Waals surface area (Å²) < 4.78 is 1.79. The fraction of sp³-hybridized carbons (Fsp3) is 0.0769. The van der Waals surface area contributed by atoms with Crippen molar-refractivity contribution in [2.24, 2.45) is 7.05 Å². The summed E-state index contributed by atoms with van der Waals surface area (Å²) in [6.45, 7) is 0. The fourth-order valence-corrected chi connectivity index (χ4v) is 1.87. The van der Waals surface area contributed by atoms with E-state index in [0.717, 1.165) is 22.4 Å². The Morgan fingerprint density at radius 3 is 2.67 bits per heavy atom. The van der Waals surface area contributed by atoms with Crippen molar-refractivity contribution in [2.75, 3.05) is 0 Å². The summed E-state index contributed by atoms with van der Waals surface area (Å²) in [5, 5.41) is 12.2. The monoisotopic (exact) mass is 237 g/mol. The van der Waals surface area contributed by atoms with Crippen molar-refractivity contribution in [3.63, 3.8) is 0 Å². The van der Waals surface area contributed by atoms with Gasteiger partial charge in [-0.05, 0) is 18.2 Å². The van der Waals surface area contributed by atoms with Gasteiger partial charge in [-0.25, -0.2) is 0 Å². The highest BCUT2D eigenvalue weighted by Crippen LogP contribution is 2.29. The molecule has 5 heteroatoms. The number of aryl methyl sites for hydroxylation is 1. The summed E-state index contributed by atoms with van der Waals surface area (Å²) in [6.07, 6.45) is 8.94. The zero-order valence-corrected chi connectivity index (χ0v) is 9.85. The average Bonchev–Trinajstić information content (AvgIpc) is 2.83. The second-order valence-electron chi connectivity index (χ2n) is 3.94. The standard InChI is InChI=1S/C13H11N5/c1-18-9-12(10-4-6-15-16-8-10)13(17-18)11-3-2-5-14-7-11/h2-9H,1H3. The quantitative estimate of drug-likeness (QED) is 0.683. The van der Waals surface area contributed by atoms with Crippen LogP contribution in [0.25, 0.3) is 22.4 Å². The minimum absolute atomic E-state index is 0.901. The molecule has 0 aliphatic heterocycles. The van der Waals surface area contributed by atoms with Crippen LogP contribution in [0.5, 0.6) is 0 Å². The van der Waals surface area contributed by atoms with Crippen molar-refractivity contribution in [1.29, 1.82) is 0 Å². The third-order valence-corrected chi connectivity index (χ3v) is 2.66. The van der Waals surface area contributed by atoms with Crippen LogP contribution in [0.3, 0.4) is 0 Å². The average molecular weight is 237 g/mol. The molecule has 0 amide bonds. The van der Waals surface area contributed by atoms with E-state index in [2.05, 4.69) is 20.3 Å². The van der Waals surface area contributed by atoms with Gasteiger partial charge in [-0.3, -0.25) is 9.67 Å². The van der Waals surface area contributed by atoms with Crippen LogP contribution >= 0.6 is 0 Å². The van der Waals surface area contributed by atoms with E-state index in [9.17, 15) is 0 Å². The van der Waals surface area contributed by atoms with Crippen molar-refractivity contribution >= 4 is 0 Å². The number of aromatic nitrogens is 5. The van der Waals surface area contributed by atoms with Crippen molar-refractivity contribution in [1.82, 2.24) is 25.0 Å². The predicted molar refractivity (Wildman–Crippen MR) is 67.5 cm³/mol. The molecule has 0 aromatic carbocycles. The molecule has 88 valence electrons. The Morgan fingerprint density at radius 2 is 1.94 bits per heavy atom. The minimum atomic E-state index is 0.901. The molecule has 0 saturated carbocycles. The molecule has 0 fully saturated rings. The third-order valence-electron chi connectivity index (χ3n) is 2.66. The van der Waals surface area contributed by atoms with Gasteiger partial charge in [-0.1, -0.05) is 0 Å².